The summed E-state index contributed by atoms with van der Waals surface area (Å²) in [4.78, 5) is 25.5. The molecule has 2 aliphatic heterocycles. The molecule has 1 N–H and O–H groups in total. The Morgan fingerprint density at radius 1 is 0.912 bits per heavy atom. The maximum absolute atomic E-state index is 12.7. The summed E-state index contributed by atoms with van der Waals surface area (Å²) in [7, 11) is 0. The molecule has 0 aromatic heterocycles. The van der Waals surface area contributed by atoms with Gasteiger partial charge in [-0.3, -0.25) is 14.7 Å². The van der Waals surface area contributed by atoms with Crippen LogP contribution in [0.2, 0.25) is 0 Å². The molecule has 2 aromatic rings. The summed E-state index contributed by atoms with van der Waals surface area (Å²) in [5, 5.41) is 0. The maximum Gasteiger partial charge on any atom is 0.258 e. The number of piperazine rings is 1. The number of anilines is 1. The Kier molecular flexibility index (Phi) is 6.28. The van der Waals surface area contributed by atoms with Crippen molar-refractivity contribution < 1.29 is 0 Å². The second-order valence-electron chi connectivity index (χ2n) is 8.98. The topological polar surface area (TPSA) is 51.7 Å². The number of nitrogens with zero attached hydrogens (tertiary/aromatic N) is 3. The molecular weight excluding hydrogens is 420 g/mol. The quantitative estimate of drug-likeness (QED) is 0.423. The van der Waals surface area contributed by atoms with Crippen molar-refractivity contribution in [3.8, 4) is 11.3 Å². The van der Waals surface area contributed by atoms with E-state index in [1.165, 1.54) is 11.3 Å². The molecule has 0 spiro atoms. The molecule has 5 rings (SSSR count). The average molecular weight is 451 g/mol. The highest BCUT2D eigenvalue weighted by Gasteiger charge is 2.19. The van der Waals surface area contributed by atoms with Crippen molar-refractivity contribution in [1.29, 1.82) is 0 Å². The fourth-order valence-electron chi connectivity index (χ4n) is 4.70. The van der Waals surface area contributed by atoms with Crippen LogP contribution in [-0.2, 0) is 6.54 Å². The summed E-state index contributed by atoms with van der Waals surface area (Å²) < 4.78 is 0. The first-order valence-electron chi connectivity index (χ1n) is 11.9. The molecule has 0 amide bonds. The van der Waals surface area contributed by atoms with E-state index < -0.39 is 0 Å². The summed E-state index contributed by atoms with van der Waals surface area (Å²) in [6, 6.07) is 26.9. The van der Waals surface area contributed by atoms with Gasteiger partial charge in [-0.15, -0.1) is 0 Å². The van der Waals surface area contributed by atoms with Gasteiger partial charge in [-0.25, -0.2) is 0 Å². The number of hydrogen-bond donors (Lipinski definition) is 1. The van der Waals surface area contributed by atoms with Gasteiger partial charge in [-0.2, -0.15) is 0 Å². The lowest BCUT2D eigenvalue weighted by Gasteiger charge is -2.36. The van der Waals surface area contributed by atoms with Crippen LogP contribution in [0, 0.1) is 6.92 Å². The minimum atomic E-state index is -0.0919. The van der Waals surface area contributed by atoms with E-state index in [9.17, 15) is 4.79 Å². The number of aromatic amines is 1. The highest BCUT2D eigenvalue weighted by atomic mass is 16.1. The van der Waals surface area contributed by atoms with E-state index in [0.29, 0.717) is 5.56 Å². The normalized spacial score (nSPS) is 15.1. The molecule has 0 bridgehead atoms. The van der Waals surface area contributed by atoms with Crippen molar-refractivity contribution >= 4 is 17.1 Å². The third-order valence-electron chi connectivity index (χ3n) is 6.61. The second kappa shape index (κ2) is 9.65. The van der Waals surface area contributed by atoms with Gasteiger partial charge in [0.2, 0.25) is 0 Å². The predicted molar refractivity (Wildman–Crippen MR) is 141 cm³/mol. The Hall–Kier alpha value is -3.70. The molecule has 2 heterocycles. The highest BCUT2D eigenvalue weighted by molar-refractivity contribution is 6.05. The summed E-state index contributed by atoms with van der Waals surface area (Å²) in [6.07, 6.45) is 0. The predicted octanol–water partition coefficient (Wildman–Crippen LogP) is 5.25. The number of rotatable bonds is 5. The van der Waals surface area contributed by atoms with Gasteiger partial charge in [0.25, 0.3) is 5.56 Å². The largest absolute Gasteiger partial charge is 0.369 e. The van der Waals surface area contributed by atoms with Gasteiger partial charge in [-0.05, 0) is 43.2 Å². The molecule has 5 nitrogen and oxygen atoms in total. The minimum Gasteiger partial charge on any atom is -0.369 e. The number of aliphatic imine (C=N–C) groups is 1. The van der Waals surface area contributed by atoms with Crippen LogP contribution in [0.4, 0.5) is 11.4 Å². The number of nitrogens with one attached hydrogen (secondary N) is 1. The highest BCUT2D eigenvalue weighted by Crippen LogP contribution is 2.29. The Balaban J connectivity index is 1.35. The zero-order valence-corrected chi connectivity index (χ0v) is 19.8. The lowest BCUT2D eigenvalue weighted by Crippen LogP contribution is -2.45. The van der Waals surface area contributed by atoms with Gasteiger partial charge in [0.15, 0.2) is 0 Å². The molecule has 5 heteroatoms. The van der Waals surface area contributed by atoms with E-state index in [1.54, 1.807) is 0 Å². The van der Waals surface area contributed by atoms with Crippen molar-refractivity contribution in [1.82, 2.24) is 9.88 Å². The number of aromatic nitrogens is 1. The van der Waals surface area contributed by atoms with Crippen LogP contribution in [0.1, 0.15) is 23.6 Å². The molecule has 0 radical (unpaired) electrons. The van der Waals surface area contributed by atoms with E-state index >= 15 is 0 Å². The van der Waals surface area contributed by atoms with Crippen molar-refractivity contribution in [2.75, 3.05) is 31.1 Å². The molecule has 0 atom stereocenters. The molecule has 0 unspecified atom stereocenters. The van der Waals surface area contributed by atoms with E-state index in [4.69, 9.17) is 4.99 Å². The summed E-state index contributed by atoms with van der Waals surface area (Å²) >= 11 is 0. The molecule has 1 fully saturated rings. The first kappa shape index (κ1) is 22.1. The van der Waals surface area contributed by atoms with Crippen LogP contribution in [0.15, 0.2) is 88.6 Å². The van der Waals surface area contributed by atoms with Gasteiger partial charge in [0.1, 0.15) is 0 Å². The van der Waals surface area contributed by atoms with E-state index in [0.717, 1.165) is 60.9 Å². The zero-order chi connectivity index (χ0) is 23.5. The van der Waals surface area contributed by atoms with E-state index in [2.05, 4.69) is 70.2 Å². The Morgan fingerprint density at radius 2 is 1.62 bits per heavy atom. The standard InChI is InChI=1S/C29H30N4O/c1-21-13-14-24(33-17-15-32(16-18-33)20-23-9-5-3-6-10-23)19-27(21)30-22(2)28-25-11-7-4-8-12-26(25)31-29(28)34/h3-14,19H,15-18,20H2,1-2H3,(H,31,34). The Labute approximate surface area is 200 Å². The summed E-state index contributed by atoms with van der Waals surface area (Å²) in [5.41, 5.74) is 7.58. The fraction of sp³-hybridized carbons (Fsp3) is 0.241. The average Bonchev–Trinajstić information content (AvgIpc) is 2.99. The first-order valence-corrected chi connectivity index (χ1v) is 11.9. The number of hydrogen-bond acceptors (Lipinski definition) is 4. The molecule has 172 valence electrons. The van der Waals surface area contributed by atoms with Crippen molar-refractivity contribution in [3.05, 3.63) is 106 Å². The SMILES string of the molecule is CC(=Nc1cc(N2CCN(Cc3ccccc3)CC2)ccc1C)c1c2cccccc-2[nH]c1=O. The van der Waals surface area contributed by atoms with Crippen LogP contribution in [0.25, 0.3) is 11.3 Å². The van der Waals surface area contributed by atoms with Gasteiger partial charge in [0, 0.05) is 49.7 Å². The number of aryl methyl sites for hydroxylation is 1. The zero-order valence-electron chi connectivity index (χ0n) is 19.8. The molecule has 3 aliphatic rings. The Bertz CT molecular complexity index is 1330. The van der Waals surface area contributed by atoms with Crippen LogP contribution >= 0.6 is 0 Å². The number of fused-ring (bicyclic) bond motifs is 1. The Morgan fingerprint density at radius 3 is 2.38 bits per heavy atom. The van der Waals surface area contributed by atoms with Crippen LogP contribution in [-0.4, -0.2) is 41.8 Å². The van der Waals surface area contributed by atoms with Gasteiger partial charge in [0.05, 0.1) is 17.0 Å². The molecular formula is C29H30N4O. The monoisotopic (exact) mass is 450 g/mol. The minimum absolute atomic E-state index is 0.0919. The smallest absolute Gasteiger partial charge is 0.258 e. The number of benzene rings is 2. The van der Waals surface area contributed by atoms with Crippen molar-refractivity contribution in [3.63, 3.8) is 0 Å². The summed E-state index contributed by atoms with van der Waals surface area (Å²) in [6.45, 7) is 9.03. The van der Waals surface area contributed by atoms with E-state index in [-0.39, 0.29) is 5.56 Å². The molecule has 34 heavy (non-hydrogen) atoms. The molecule has 0 saturated carbocycles. The lowest BCUT2D eigenvalue weighted by molar-refractivity contribution is 0.250. The molecule has 1 aliphatic carbocycles. The van der Waals surface area contributed by atoms with Gasteiger partial charge >= 0.3 is 0 Å². The molecule has 1 saturated heterocycles. The first-order chi connectivity index (χ1) is 16.6. The van der Waals surface area contributed by atoms with Crippen LogP contribution in [0.3, 0.4) is 0 Å². The lowest BCUT2D eigenvalue weighted by atomic mass is 10.1. The van der Waals surface area contributed by atoms with Crippen molar-refractivity contribution in [2.45, 2.75) is 20.4 Å². The maximum atomic E-state index is 12.7. The fourth-order valence-corrected chi connectivity index (χ4v) is 4.70. The second-order valence-corrected chi connectivity index (χ2v) is 8.98. The third-order valence-corrected chi connectivity index (χ3v) is 6.61. The van der Waals surface area contributed by atoms with Gasteiger partial charge < -0.3 is 9.88 Å². The van der Waals surface area contributed by atoms with Crippen molar-refractivity contribution in [2.24, 2.45) is 4.99 Å². The van der Waals surface area contributed by atoms with Crippen LogP contribution < -0.4 is 10.5 Å². The number of H-pyrrole nitrogens is 1. The summed E-state index contributed by atoms with van der Waals surface area (Å²) in [5.74, 6) is 0. The van der Waals surface area contributed by atoms with E-state index in [1.807, 2.05) is 37.3 Å². The van der Waals surface area contributed by atoms with Crippen LogP contribution in [0.5, 0.6) is 0 Å². The third kappa shape index (κ3) is 4.66. The van der Waals surface area contributed by atoms with Gasteiger partial charge in [-0.1, -0.05) is 60.7 Å². The molecule has 2 aromatic carbocycles.